The fourth-order valence-electron chi connectivity index (χ4n) is 2.75. The summed E-state index contributed by atoms with van der Waals surface area (Å²) in [5.41, 5.74) is 2.28. The monoisotopic (exact) mass is 316 g/mol. The highest BCUT2D eigenvalue weighted by molar-refractivity contribution is 7.18. The van der Waals surface area contributed by atoms with E-state index in [1.54, 1.807) is 18.4 Å². The van der Waals surface area contributed by atoms with Crippen molar-refractivity contribution in [3.8, 4) is 5.75 Å². The van der Waals surface area contributed by atoms with Crippen LogP contribution in [-0.4, -0.2) is 26.6 Å². The minimum atomic E-state index is -0.0151. The molecule has 4 nitrogen and oxygen atoms in total. The van der Waals surface area contributed by atoms with Crippen LogP contribution in [0.25, 0.3) is 0 Å². The Bertz CT molecular complexity index is 681. The van der Waals surface area contributed by atoms with Crippen molar-refractivity contribution in [3.05, 3.63) is 46.3 Å². The maximum Gasteiger partial charge on any atom is 0.261 e. The second-order valence-electron chi connectivity index (χ2n) is 5.46. The molecule has 2 heterocycles. The topological polar surface area (TPSA) is 41.6 Å². The number of nitrogens with one attached hydrogen (secondary N) is 1. The molecule has 1 aromatic carbocycles. The van der Waals surface area contributed by atoms with Gasteiger partial charge in [-0.15, -0.1) is 11.3 Å². The maximum atomic E-state index is 12.4. The lowest BCUT2D eigenvalue weighted by molar-refractivity contribution is 0.0954. The lowest BCUT2D eigenvalue weighted by Crippen LogP contribution is -2.22. The van der Waals surface area contributed by atoms with Gasteiger partial charge < -0.3 is 15.0 Å². The van der Waals surface area contributed by atoms with E-state index < -0.39 is 0 Å². The number of para-hydroxylation sites is 1. The first-order valence-corrected chi connectivity index (χ1v) is 8.24. The van der Waals surface area contributed by atoms with Crippen LogP contribution in [0.1, 0.15) is 27.2 Å². The smallest absolute Gasteiger partial charge is 0.261 e. The first-order valence-electron chi connectivity index (χ1n) is 7.43. The average molecular weight is 316 g/mol. The molecule has 0 fully saturated rings. The zero-order valence-electron chi connectivity index (χ0n) is 12.9. The third-order valence-electron chi connectivity index (χ3n) is 3.93. The molecule has 1 amide bonds. The summed E-state index contributed by atoms with van der Waals surface area (Å²) in [5, 5.41) is 4.22. The van der Waals surface area contributed by atoms with Crippen LogP contribution in [0.2, 0.25) is 0 Å². The molecule has 0 radical (unpaired) electrons. The Labute approximate surface area is 134 Å². The van der Waals surface area contributed by atoms with E-state index in [4.69, 9.17) is 4.74 Å². The molecule has 116 valence electrons. The first-order chi connectivity index (χ1) is 10.7. The van der Waals surface area contributed by atoms with Crippen molar-refractivity contribution in [3.63, 3.8) is 0 Å². The number of ether oxygens (including phenoxy) is 1. The van der Waals surface area contributed by atoms with Crippen LogP contribution >= 0.6 is 11.3 Å². The molecule has 5 heteroatoms. The van der Waals surface area contributed by atoms with Gasteiger partial charge in [0.25, 0.3) is 5.91 Å². The number of nitrogens with zero attached hydrogens (tertiary/aromatic N) is 1. The molecule has 3 rings (SSSR count). The van der Waals surface area contributed by atoms with Crippen molar-refractivity contribution in [1.29, 1.82) is 0 Å². The Morgan fingerprint density at radius 3 is 3.00 bits per heavy atom. The predicted octanol–water partition coefficient (Wildman–Crippen LogP) is 3.07. The van der Waals surface area contributed by atoms with E-state index in [9.17, 15) is 4.79 Å². The summed E-state index contributed by atoms with van der Waals surface area (Å²) >= 11 is 1.58. The zero-order chi connectivity index (χ0) is 15.5. The molecule has 0 saturated heterocycles. The van der Waals surface area contributed by atoms with E-state index in [0.29, 0.717) is 6.54 Å². The zero-order valence-corrected chi connectivity index (χ0v) is 13.7. The molecule has 1 aliphatic heterocycles. The predicted molar refractivity (Wildman–Crippen MR) is 90.1 cm³/mol. The van der Waals surface area contributed by atoms with Gasteiger partial charge in [-0.2, -0.15) is 0 Å². The molecule has 22 heavy (non-hydrogen) atoms. The minimum absolute atomic E-state index is 0.0151. The molecule has 0 aliphatic carbocycles. The van der Waals surface area contributed by atoms with Crippen LogP contribution in [0, 0.1) is 0 Å². The van der Waals surface area contributed by atoms with Crippen LogP contribution in [0.15, 0.2) is 30.3 Å². The van der Waals surface area contributed by atoms with Gasteiger partial charge in [0.05, 0.1) is 17.0 Å². The summed E-state index contributed by atoms with van der Waals surface area (Å²) < 4.78 is 5.31. The van der Waals surface area contributed by atoms with Gasteiger partial charge in [0, 0.05) is 25.7 Å². The maximum absolute atomic E-state index is 12.4. The third kappa shape index (κ3) is 2.95. The largest absolute Gasteiger partial charge is 0.496 e. The molecule has 1 N–H and O–H groups in total. The van der Waals surface area contributed by atoms with E-state index in [0.717, 1.165) is 35.6 Å². The number of carbonyl (C=O) groups is 1. The van der Waals surface area contributed by atoms with Gasteiger partial charge in [0.2, 0.25) is 0 Å². The van der Waals surface area contributed by atoms with Gasteiger partial charge in [-0.3, -0.25) is 4.79 Å². The molecule has 0 saturated carbocycles. The normalized spacial score (nSPS) is 13.6. The van der Waals surface area contributed by atoms with Crippen molar-refractivity contribution >= 4 is 22.2 Å². The fraction of sp³-hybridized carbons (Fsp3) is 0.353. The summed E-state index contributed by atoms with van der Waals surface area (Å²) in [6.45, 7) is 1.54. The third-order valence-corrected chi connectivity index (χ3v) is 5.22. The van der Waals surface area contributed by atoms with E-state index >= 15 is 0 Å². The van der Waals surface area contributed by atoms with E-state index in [1.807, 2.05) is 30.3 Å². The molecular weight excluding hydrogens is 296 g/mol. The van der Waals surface area contributed by atoms with Crippen molar-refractivity contribution in [2.75, 3.05) is 25.6 Å². The summed E-state index contributed by atoms with van der Waals surface area (Å²) in [6, 6.07) is 9.77. The van der Waals surface area contributed by atoms with Gasteiger partial charge in [-0.1, -0.05) is 18.2 Å². The van der Waals surface area contributed by atoms with Crippen molar-refractivity contribution in [1.82, 2.24) is 5.32 Å². The van der Waals surface area contributed by atoms with Gasteiger partial charge in [0.15, 0.2) is 0 Å². The molecule has 0 bridgehead atoms. The number of fused-ring (bicyclic) bond motifs is 1. The van der Waals surface area contributed by atoms with E-state index in [2.05, 4.69) is 17.3 Å². The van der Waals surface area contributed by atoms with Crippen LogP contribution in [-0.2, 0) is 13.0 Å². The number of benzene rings is 1. The Morgan fingerprint density at radius 2 is 2.23 bits per heavy atom. The number of hydrogen-bond donors (Lipinski definition) is 1. The van der Waals surface area contributed by atoms with Crippen LogP contribution in [0.4, 0.5) is 5.00 Å². The van der Waals surface area contributed by atoms with Gasteiger partial charge >= 0.3 is 0 Å². The lowest BCUT2D eigenvalue weighted by atomic mass is 10.1. The Hall–Kier alpha value is -2.01. The average Bonchev–Trinajstić information content (AvgIpc) is 2.98. The van der Waals surface area contributed by atoms with Crippen molar-refractivity contribution in [2.45, 2.75) is 19.4 Å². The Balaban J connectivity index is 1.70. The molecule has 1 aromatic heterocycles. The Kier molecular flexibility index (Phi) is 4.34. The van der Waals surface area contributed by atoms with Crippen LogP contribution in [0.5, 0.6) is 5.75 Å². The number of aryl methyl sites for hydroxylation is 1. The summed E-state index contributed by atoms with van der Waals surface area (Å²) in [6.07, 6.45) is 2.22. The molecule has 1 aliphatic rings. The number of rotatable bonds is 4. The number of carbonyl (C=O) groups excluding carboxylic acids is 1. The second kappa shape index (κ2) is 6.40. The molecule has 0 atom stereocenters. The van der Waals surface area contributed by atoms with Gasteiger partial charge in [0.1, 0.15) is 5.75 Å². The lowest BCUT2D eigenvalue weighted by Gasteiger charge is -2.23. The molecule has 2 aromatic rings. The highest BCUT2D eigenvalue weighted by atomic mass is 32.1. The SMILES string of the molecule is COc1ccccc1CNC(=O)c1cc2c(s1)N(C)CCC2. The standard InChI is InChI=1S/C17H20N2O2S/c1-19-9-5-7-12-10-15(22-17(12)19)16(20)18-11-13-6-3-4-8-14(13)21-2/h3-4,6,8,10H,5,7,9,11H2,1-2H3,(H,18,20). The highest BCUT2D eigenvalue weighted by Gasteiger charge is 2.20. The number of methoxy groups -OCH3 is 1. The number of anilines is 1. The number of thiophene rings is 1. The second-order valence-corrected chi connectivity index (χ2v) is 6.49. The van der Waals surface area contributed by atoms with Crippen LogP contribution < -0.4 is 15.0 Å². The van der Waals surface area contributed by atoms with Crippen molar-refractivity contribution in [2.24, 2.45) is 0 Å². The van der Waals surface area contributed by atoms with Gasteiger partial charge in [-0.05, 0) is 30.5 Å². The highest BCUT2D eigenvalue weighted by Crippen LogP contribution is 2.34. The first kappa shape index (κ1) is 14.9. The number of amides is 1. The van der Waals surface area contributed by atoms with Gasteiger partial charge in [-0.25, -0.2) is 0 Å². The molecule has 0 unspecified atom stereocenters. The molecular formula is C17H20N2O2S. The summed E-state index contributed by atoms with van der Waals surface area (Å²) in [5.74, 6) is 0.784. The molecule has 0 spiro atoms. The quantitative estimate of drug-likeness (QED) is 0.942. The van der Waals surface area contributed by atoms with Crippen LogP contribution in [0.3, 0.4) is 0 Å². The minimum Gasteiger partial charge on any atom is -0.496 e. The summed E-state index contributed by atoms with van der Waals surface area (Å²) in [7, 11) is 3.73. The van der Waals surface area contributed by atoms with E-state index in [1.165, 1.54) is 10.6 Å². The fourth-order valence-corrected chi connectivity index (χ4v) is 3.87. The van der Waals surface area contributed by atoms with Crippen molar-refractivity contribution < 1.29 is 9.53 Å². The Morgan fingerprint density at radius 1 is 1.41 bits per heavy atom. The van der Waals surface area contributed by atoms with E-state index in [-0.39, 0.29) is 5.91 Å². The summed E-state index contributed by atoms with van der Waals surface area (Å²) in [4.78, 5) is 15.4. The number of hydrogen-bond acceptors (Lipinski definition) is 4.